The number of benzene rings is 2. The number of hydrogen-bond donors (Lipinski definition) is 1. The minimum Gasteiger partial charge on any atom is -0.469 e. The molecule has 1 N–H and O–H groups in total. The molecule has 156 valence electrons. The van der Waals surface area contributed by atoms with Crippen molar-refractivity contribution in [2.24, 2.45) is 0 Å². The first-order valence-corrected chi connectivity index (χ1v) is 9.91. The van der Waals surface area contributed by atoms with E-state index >= 15 is 0 Å². The van der Waals surface area contributed by atoms with Gasteiger partial charge in [0.25, 0.3) is 5.91 Å². The Bertz CT molecular complexity index is 1080. The molecule has 1 aromatic heterocycles. The van der Waals surface area contributed by atoms with Crippen LogP contribution in [0.25, 0.3) is 5.69 Å². The Morgan fingerprint density at radius 1 is 1.03 bits per heavy atom. The third kappa shape index (κ3) is 4.59. The second kappa shape index (κ2) is 8.95. The van der Waals surface area contributed by atoms with Gasteiger partial charge in [-0.1, -0.05) is 17.7 Å². The lowest BCUT2D eigenvalue weighted by molar-refractivity contribution is -0.140. The van der Waals surface area contributed by atoms with Gasteiger partial charge in [-0.2, -0.15) is 5.10 Å². The third-order valence-corrected chi connectivity index (χ3v) is 5.25. The van der Waals surface area contributed by atoms with Crippen LogP contribution in [0.3, 0.4) is 0 Å². The molecule has 0 saturated carbocycles. The molecule has 0 fully saturated rings. The Labute approximate surface area is 176 Å². The molecule has 1 heterocycles. The average Bonchev–Trinajstić information content (AvgIpc) is 3.01. The van der Waals surface area contributed by atoms with Crippen LogP contribution in [0.4, 0.5) is 5.69 Å². The van der Waals surface area contributed by atoms with E-state index in [0.29, 0.717) is 18.4 Å². The third-order valence-electron chi connectivity index (χ3n) is 5.25. The zero-order valence-corrected chi connectivity index (χ0v) is 18.1. The molecule has 3 aromatic rings. The van der Waals surface area contributed by atoms with Crippen LogP contribution in [-0.2, 0) is 16.0 Å². The van der Waals surface area contributed by atoms with E-state index in [1.165, 1.54) is 7.11 Å². The molecule has 0 atom stereocenters. The van der Waals surface area contributed by atoms with Crippen molar-refractivity contribution in [2.45, 2.75) is 40.5 Å². The standard InChI is InChI=1S/C24H27N3O3/c1-15-6-12-22(16(2)14-15)25-24(29)19-7-9-20(10-8-19)27-18(4)21(17(3)26-27)11-13-23(28)30-5/h6-10,12,14H,11,13H2,1-5H3,(H,25,29). The number of aromatic nitrogens is 2. The molecule has 6 nitrogen and oxygen atoms in total. The molecule has 3 rings (SSSR count). The molecule has 0 aliphatic carbocycles. The topological polar surface area (TPSA) is 73.2 Å². The number of nitrogens with zero attached hydrogens (tertiary/aromatic N) is 2. The molecule has 0 saturated heterocycles. The normalized spacial score (nSPS) is 10.7. The SMILES string of the molecule is COC(=O)CCc1c(C)nn(-c2ccc(C(=O)Nc3ccc(C)cc3C)cc2)c1C. The number of esters is 1. The monoisotopic (exact) mass is 405 g/mol. The number of rotatable bonds is 6. The summed E-state index contributed by atoms with van der Waals surface area (Å²) >= 11 is 0. The summed E-state index contributed by atoms with van der Waals surface area (Å²) in [6, 6.07) is 13.3. The van der Waals surface area contributed by atoms with Crippen LogP contribution in [-0.4, -0.2) is 28.8 Å². The summed E-state index contributed by atoms with van der Waals surface area (Å²) in [6.45, 7) is 7.92. The highest BCUT2D eigenvalue weighted by molar-refractivity contribution is 6.04. The van der Waals surface area contributed by atoms with E-state index in [4.69, 9.17) is 4.74 Å². The van der Waals surface area contributed by atoms with E-state index in [0.717, 1.165) is 39.5 Å². The van der Waals surface area contributed by atoms with Gasteiger partial charge in [0.05, 0.1) is 18.5 Å². The van der Waals surface area contributed by atoms with E-state index in [1.54, 1.807) is 12.1 Å². The van der Waals surface area contributed by atoms with E-state index in [9.17, 15) is 9.59 Å². The number of methoxy groups -OCH3 is 1. The van der Waals surface area contributed by atoms with Crippen LogP contribution in [0.5, 0.6) is 0 Å². The summed E-state index contributed by atoms with van der Waals surface area (Å²) in [5.74, 6) is -0.388. The number of aryl methyl sites for hydroxylation is 3. The maximum atomic E-state index is 12.6. The van der Waals surface area contributed by atoms with Crippen LogP contribution in [0.2, 0.25) is 0 Å². The van der Waals surface area contributed by atoms with Crippen LogP contribution in [0.1, 0.15) is 44.9 Å². The van der Waals surface area contributed by atoms with E-state index in [2.05, 4.69) is 10.4 Å². The number of ether oxygens (including phenoxy) is 1. The summed E-state index contributed by atoms with van der Waals surface area (Å²) in [5, 5.41) is 7.58. The first kappa shape index (κ1) is 21.3. The van der Waals surface area contributed by atoms with Crippen LogP contribution < -0.4 is 5.32 Å². The molecular formula is C24H27N3O3. The predicted molar refractivity (Wildman–Crippen MR) is 117 cm³/mol. The molecule has 0 aliphatic rings. The summed E-state index contributed by atoms with van der Waals surface area (Å²) in [7, 11) is 1.39. The Kier molecular flexibility index (Phi) is 6.35. The summed E-state index contributed by atoms with van der Waals surface area (Å²) in [5.41, 5.74) is 7.33. The van der Waals surface area contributed by atoms with Gasteiger partial charge in [0.1, 0.15) is 0 Å². The molecular weight excluding hydrogens is 378 g/mol. The molecule has 6 heteroatoms. The quantitative estimate of drug-likeness (QED) is 0.615. The number of amides is 1. The van der Waals surface area contributed by atoms with Crippen molar-refractivity contribution in [1.29, 1.82) is 0 Å². The first-order chi connectivity index (χ1) is 14.3. The highest BCUT2D eigenvalue weighted by atomic mass is 16.5. The van der Waals surface area contributed by atoms with Crippen molar-refractivity contribution in [3.8, 4) is 5.69 Å². The maximum absolute atomic E-state index is 12.6. The van der Waals surface area contributed by atoms with Gasteiger partial charge >= 0.3 is 5.97 Å². The van der Waals surface area contributed by atoms with Gasteiger partial charge in [-0.15, -0.1) is 0 Å². The fourth-order valence-electron chi connectivity index (χ4n) is 3.52. The summed E-state index contributed by atoms with van der Waals surface area (Å²) in [4.78, 5) is 24.1. The molecule has 0 spiro atoms. The van der Waals surface area contributed by atoms with E-state index in [1.807, 2.05) is 62.7 Å². The van der Waals surface area contributed by atoms with E-state index < -0.39 is 0 Å². The Morgan fingerprint density at radius 2 is 1.73 bits per heavy atom. The van der Waals surface area contributed by atoms with Crippen molar-refractivity contribution in [3.05, 3.63) is 76.1 Å². The smallest absolute Gasteiger partial charge is 0.305 e. The van der Waals surface area contributed by atoms with Gasteiger partial charge in [-0.05, 0) is 75.6 Å². The average molecular weight is 405 g/mol. The zero-order chi connectivity index (χ0) is 21.8. The lowest BCUT2D eigenvalue weighted by atomic mass is 10.1. The largest absolute Gasteiger partial charge is 0.469 e. The highest BCUT2D eigenvalue weighted by Gasteiger charge is 2.15. The Balaban J connectivity index is 1.77. The number of carbonyl (C=O) groups excluding carboxylic acids is 2. The Hall–Kier alpha value is -3.41. The molecule has 0 radical (unpaired) electrons. The maximum Gasteiger partial charge on any atom is 0.305 e. The van der Waals surface area contributed by atoms with Crippen LogP contribution in [0.15, 0.2) is 42.5 Å². The minimum absolute atomic E-state index is 0.152. The molecule has 0 aliphatic heterocycles. The molecule has 0 unspecified atom stereocenters. The summed E-state index contributed by atoms with van der Waals surface area (Å²) in [6.07, 6.45) is 0.905. The van der Waals surface area contributed by atoms with Crippen molar-refractivity contribution in [3.63, 3.8) is 0 Å². The minimum atomic E-state index is -0.235. The van der Waals surface area contributed by atoms with Crippen LogP contribution in [0, 0.1) is 27.7 Å². The fourth-order valence-corrected chi connectivity index (χ4v) is 3.52. The van der Waals surface area contributed by atoms with E-state index in [-0.39, 0.29) is 11.9 Å². The Morgan fingerprint density at radius 3 is 2.37 bits per heavy atom. The van der Waals surface area contributed by atoms with Gasteiger partial charge in [0.2, 0.25) is 0 Å². The number of nitrogens with one attached hydrogen (secondary N) is 1. The summed E-state index contributed by atoms with van der Waals surface area (Å²) < 4.78 is 6.57. The number of carbonyl (C=O) groups is 2. The number of anilines is 1. The molecule has 30 heavy (non-hydrogen) atoms. The highest BCUT2D eigenvalue weighted by Crippen LogP contribution is 2.21. The van der Waals surface area contributed by atoms with Crippen molar-refractivity contribution in [2.75, 3.05) is 12.4 Å². The van der Waals surface area contributed by atoms with Gasteiger partial charge in [0.15, 0.2) is 0 Å². The molecule has 2 aromatic carbocycles. The fraction of sp³-hybridized carbons (Fsp3) is 0.292. The molecule has 0 bridgehead atoms. The predicted octanol–water partition coefficient (Wildman–Crippen LogP) is 4.46. The van der Waals surface area contributed by atoms with Gasteiger partial charge < -0.3 is 10.1 Å². The second-order valence-corrected chi connectivity index (χ2v) is 7.46. The van der Waals surface area contributed by atoms with Gasteiger partial charge in [-0.3, -0.25) is 9.59 Å². The van der Waals surface area contributed by atoms with Crippen molar-refractivity contribution in [1.82, 2.24) is 9.78 Å². The van der Waals surface area contributed by atoms with Gasteiger partial charge in [-0.25, -0.2) is 4.68 Å². The van der Waals surface area contributed by atoms with Crippen molar-refractivity contribution < 1.29 is 14.3 Å². The van der Waals surface area contributed by atoms with Crippen LogP contribution >= 0.6 is 0 Å². The number of hydrogen-bond acceptors (Lipinski definition) is 4. The molecule has 1 amide bonds. The van der Waals surface area contributed by atoms with Gasteiger partial charge in [0, 0.05) is 23.4 Å². The lowest BCUT2D eigenvalue weighted by Gasteiger charge is -2.10. The lowest BCUT2D eigenvalue weighted by Crippen LogP contribution is -2.13. The second-order valence-electron chi connectivity index (χ2n) is 7.46. The first-order valence-electron chi connectivity index (χ1n) is 9.91. The van der Waals surface area contributed by atoms with Crippen molar-refractivity contribution >= 4 is 17.6 Å². The zero-order valence-electron chi connectivity index (χ0n) is 18.1.